The van der Waals surface area contributed by atoms with Crippen LogP contribution in [0.3, 0.4) is 0 Å². The number of Topliss-reactive ketones (excluding diaryl/α,β-unsaturated/α-hetero) is 1. The van der Waals surface area contributed by atoms with E-state index in [1.165, 1.54) is 0 Å². The molecule has 306 valence electrons. The SMILES string of the molecule is CC[C@@H](C(=O)[C@@H](C)[C@@H](O)[C@H](C)CCc1ccc(C)c(OCc2ccccc2)c1C(=O)OCc1ccccc1)[C@@H](O)[C@@H](C)C[C@@]1(CC)O[C@@H]1CC[C@@]1(CC)O[C@@H]1C. The molecule has 2 saturated heterocycles. The Morgan fingerprint density at radius 1 is 0.804 bits per heavy atom. The Bertz CT molecular complexity index is 1720. The van der Waals surface area contributed by atoms with Crippen LogP contribution >= 0.6 is 0 Å². The number of aliphatic hydroxyl groups excluding tert-OH is 2. The van der Waals surface area contributed by atoms with Gasteiger partial charge in [-0.3, -0.25) is 4.79 Å². The van der Waals surface area contributed by atoms with E-state index in [-0.39, 0.29) is 41.5 Å². The normalized spacial score (nSPS) is 24.7. The number of ketones is 1. The Morgan fingerprint density at radius 3 is 1.98 bits per heavy atom. The zero-order valence-electron chi connectivity index (χ0n) is 35.0. The topological polar surface area (TPSA) is 118 Å². The van der Waals surface area contributed by atoms with Gasteiger partial charge in [-0.25, -0.2) is 4.79 Å². The van der Waals surface area contributed by atoms with E-state index in [1.807, 2.05) is 100 Å². The molecule has 0 unspecified atom stereocenters. The third kappa shape index (κ3) is 10.3. The van der Waals surface area contributed by atoms with Crippen molar-refractivity contribution in [1.29, 1.82) is 0 Å². The van der Waals surface area contributed by atoms with Crippen LogP contribution in [0.25, 0.3) is 0 Å². The van der Waals surface area contributed by atoms with Crippen LogP contribution in [0.1, 0.15) is 126 Å². The molecule has 2 N–H and O–H groups in total. The first-order valence-corrected chi connectivity index (χ1v) is 21.0. The highest BCUT2D eigenvalue weighted by Gasteiger charge is 2.58. The lowest BCUT2D eigenvalue weighted by Crippen LogP contribution is -2.42. The molecule has 10 atom stereocenters. The molecule has 0 amide bonds. The summed E-state index contributed by atoms with van der Waals surface area (Å²) in [6.07, 6.45) is 4.61. The summed E-state index contributed by atoms with van der Waals surface area (Å²) in [5.74, 6) is -1.78. The van der Waals surface area contributed by atoms with E-state index in [9.17, 15) is 19.8 Å². The summed E-state index contributed by atoms with van der Waals surface area (Å²) in [6, 6.07) is 23.3. The number of epoxide rings is 2. The monoisotopic (exact) mass is 770 g/mol. The highest BCUT2D eigenvalue weighted by Crippen LogP contribution is 2.51. The van der Waals surface area contributed by atoms with Crippen LogP contribution in [0.2, 0.25) is 0 Å². The number of benzene rings is 3. The molecular formula is C48H66O8. The minimum atomic E-state index is -0.928. The fourth-order valence-corrected chi connectivity index (χ4v) is 8.81. The molecular weight excluding hydrogens is 705 g/mol. The van der Waals surface area contributed by atoms with Gasteiger partial charge in [-0.05, 0) is 99.3 Å². The lowest BCUT2D eigenvalue weighted by molar-refractivity contribution is -0.136. The molecule has 3 aromatic rings. The van der Waals surface area contributed by atoms with Crippen LogP contribution in [0.5, 0.6) is 5.75 Å². The molecule has 0 spiro atoms. The molecule has 0 bridgehead atoms. The summed E-state index contributed by atoms with van der Waals surface area (Å²) in [5, 5.41) is 23.2. The van der Waals surface area contributed by atoms with Gasteiger partial charge >= 0.3 is 5.97 Å². The number of ether oxygens (including phenoxy) is 4. The molecule has 2 aliphatic heterocycles. The Kier molecular flexibility index (Phi) is 15.0. The zero-order chi connectivity index (χ0) is 40.6. The first-order chi connectivity index (χ1) is 26.8. The molecule has 8 nitrogen and oxygen atoms in total. The number of hydrogen-bond donors (Lipinski definition) is 2. The van der Waals surface area contributed by atoms with E-state index >= 15 is 0 Å². The van der Waals surface area contributed by atoms with E-state index in [4.69, 9.17) is 18.9 Å². The Labute approximate surface area is 335 Å². The van der Waals surface area contributed by atoms with Crippen molar-refractivity contribution in [1.82, 2.24) is 0 Å². The summed E-state index contributed by atoms with van der Waals surface area (Å²) in [7, 11) is 0. The maximum absolute atomic E-state index is 14.0. The molecule has 0 saturated carbocycles. The van der Waals surface area contributed by atoms with Crippen molar-refractivity contribution >= 4 is 11.8 Å². The average Bonchev–Trinajstić information content (AvgIpc) is 4.11. The highest BCUT2D eigenvalue weighted by atomic mass is 16.6. The molecule has 2 aliphatic rings. The van der Waals surface area contributed by atoms with Crippen LogP contribution < -0.4 is 4.74 Å². The largest absolute Gasteiger partial charge is 0.488 e. The van der Waals surface area contributed by atoms with E-state index in [1.54, 1.807) is 6.92 Å². The average molecular weight is 771 g/mol. The second-order valence-corrected chi connectivity index (χ2v) is 16.7. The van der Waals surface area contributed by atoms with E-state index in [2.05, 4.69) is 20.8 Å². The van der Waals surface area contributed by atoms with Crippen LogP contribution in [0.4, 0.5) is 0 Å². The van der Waals surface area contributed by atoms with E-state index < -0.39 is 30.0 Å². The van der Waals surface area contributed by atoms with Gasteiger partial charge in [0, 0.05) is 11.8 Å². The van der Waals surface area contributed by atoms with Gasteiger partial charge in [-0.2, -0.15) is 0 Å². The van der Waals surface area contributed by atoms with Gasteiger partial charge in [0.25, 0.3) is 0 Å². The summed E-state index contributed by atoms with van der Waals surface area (Å²) in [6.45, 7) is 16.4. The van der Waals surface area contributed by atoms with Crippen LogP contribution in [-0.2, 0) is 38.6 Å². The first kappa shape index (κ1) is 43.6. The van der Waals surface area contributed by atoms with Gasteiger partial charge in [0.05, 0.1) is 35.6 Å². The molecule has 3 aromatic carbocycles. The molecule has 2 fully saturated rings. The Morgan fingerprint density at radius 2 is 1.41 bits per heavy atom. The number of aliphatic hydroxyl groups is 2. The maximum Gasteiger partial charge on any atom is 0.342 e. The van der Waals surface area contributed by atoms with Crippen molar-refractivity contribution in [2.24, 2.45) is 23.7 Å². The molecule has 8 heteroatoms. The van der Waals surface area contributed by atoms with E-state index in [0.717, 1.165) is 47.9 Å². The van der Waals surface area contributed by atoms with Crippen molar-refractivity contribution in [2.75, 3.05) is 0 Å². The minimum Gasteiger partial charge on any atom is -0.488 e. The summed E-state index contributed by atoms with van der Waals surface area (Å²) >= 11 is 0. The van der Waals surface area contributed by atoms with Crippen molar-refractivity contribution in [3.63, 3.8) is 0 Å². The smallest absolute Gasteiger partial charge is 0.342 e. The summed E-state index contributed by atoms with van der Waals surface area (Å²) in [5.41, 5.74) is 3.55. The molecule has 56 heavy (non-hydrogen) atoms. The number of esters is 1. The minimum absolute atomic E-state index is 0.0128. The molecule has 5 rings (SSSR count). The highest BCUT2D eigenvalue weighted by molar-refractivity contribution is 5.95. The molecule has 2 heterocycles. The lowest BCUT2D eigenvalue weighted by atomic mass is 9.75. The molecule has 0 aliphatic carbocycles. The van der Waals surface area contributed by atoms with Gasteiger partial charge in [0.1, 0.15) is 30.3 Å². The number of hydrogen-bond acceptors (Lipinski definition) is 8. The number of rotatable bonds is 23. The molecule has 0 aromatic heterocycles. The van der Waals surface area contributed by atoms with Gasteiger partial charge in [-0.1, -0.05) is 114 Å². The zero-order valence-corrected chi connectivity index (χ0v) is 35.0. The van der Waals surface area contributed by atoms with Gasteiger partial charge in [-0.15, -0.1) is 0 Å². The van der Waals surface area contributed by atoms with Crippen LogP contribution in [0.15, 0.2) is 72.8 Å². The van der Waals surface area contributed by atoms with Gasteiger partial charge < -0.3 is 29.2 Å². The number of aryl methyl sites for hydroxylation is 2. The second-order valence-electron chi connectivity index (χ2n) is 16.7. The number of carbonyl (C=O) groups excluding carboxylic acids is 2. The fraction of sp³-hybridized carbons (Fsp3) is 0.583. The van der Waals surface area contributed by atoms with Crippen molar-refractivity contribution in [2.45, 2.75) is 156 Å². The quantitative estimate of drug-likeness (QED) is 0.0724. The standard InChI is InChI=1S/C48H66O8/c1-9-39(43(50)33(6)28-48(11-3)40(56-48)26-27-47(10-2)35(8)55-47)44(51)34(7)42(49)31(4)22-24-38-25-23-32(5)45(53-29-36-18-14-12-15-19-36)41(38)46(52)54-30-37-20-16-13-17-21-37/h12-21,23,25,31,33-35,39-40,42-43,49-50H,9-11,22,24,26-30H2,1-8H3/t31-,33+,34+,35-,39-,40-,42+,43+,47-,48-/m1/s1. The Hall–Kier alpha value is -3.56. The predicted octanol–water partition coefficient (Wildman–Crippen LogP) is 9.37. The Balaban J connectivity index is 1.22. The predicted molar refractivity (Wildman–Crippen MR) is 219 cm³/mol. The van der Waals surface area contributed by atoms with Crippen molar-refractivity contribution < 1.29 is 38.7 Å². The van der Waals surface area contributed by atoms with Crippen LogP contribution in [0, 0.1) is 30.6 Å². The van der Waals surface area contributed by atoms with Gasteiger partial charge in [0.15, 0.2) is 0 Å². The van der Waals surface area contributed by atoms with Crippen molar-refractivity contribution in [3.05, 3.63) is 101 Å². The molecule has 0 radical (unpaired) electrons. The number of carbonyl (C=O) groups is 2. The van der Waals surface area contributed by atoms with Crippen molar-refractivity contribution in [3.8, 4) is 5.75 Å². The fourth-order valence-electron chi connectivity index (χ4n) is 8.81. The van der Waals surface area contributed by atoms with Crippen LogP contribution in [-0.4, -0.2) is 57.6 Å². The first-order valence-electron chi connectivity index (χ1n) is 21.0. The lowest BCUT2D eigenvalue weighted by Gasteiger charge is -2.32. The maximum atomic E-state index is 14.0. The summed E-state index contributed by atoms with van der Waals surface area (Å²) < 4.78 is 24.4. The van der Waals surface area contributed by atoms with E-state index in [0.29, 0.717) is 49.7 Å². The second kappa shape index (κ2) is 19.3. The third-order valence-electron chi connectivity index (χ3n) is 13.0. The van der Waals surface area contributed by atoms with Gasteiger partial charge in [0.2, 0.25) is 0 Å². The summed E-state index contributed by atoms with van der Waals surface area (Å²) in [4.78, 5) is 27.8. The third-order valence-corrected chi connectivity index (χ3v) is 13.0.